The SMILES string of the molecule is C=CC(=O)Nc1cc(Nc2cc(N3OCC[C@@H]3c3ccccc3)ncn2)c(OC)cc1N1CCC(N(C)C)C1. The van der Waals surface area contributed by atoms with Crippen LogP contribution in [0.25, 0.3) is 0 Å². The maximum absolute atomic E-state index is 12.3. The van der Waals surface area contributed by atoms with Crippen LogP contribution in [0.15, 0.2) is 67.5 Å². The third kappa shape index (κ3) is 5.81. The van der Waals surface area contributed by atoms with Crippen molar-refractivity contribution in [2.75, 3.05) is 61.5 Å². The molecule has 3 aromatic rings. The van der Waals surface area contributed by atoms with Crippen molar-refractivity contribution < 1.29 is 14.4 Å². The van der Waals surface area contributed by atoms with E-state index in [1.54, 1.807) is 7.11 Å². The number of likely N-dealkylation sites (N-methyl/N-ethyl adjacent to an activating group) is 1. The van der Waals surface area contributed by atoms with E-state index in [4.69, 9.17) is 9.57 Å². The Bertz CT molecular complexity index is 1320. The van der Waals surface area contributed by atoms with E-state index >= 15 is 0 Å². The molecule has 0 spiro atoms. The molecular formula is C29H35N7O3. The maximum atomic E-state index is 12.3. The molecule has 2 saturated heterocycles. The van der Waals surface area contributed by atoms with Gasteiger partial charge in [0.15, 0.2) is 5.82 Å². The minimum Gasteiger partial charge on any atom is -0.494 e. The molecule has 2 aliphatic heterocycles. The molecule has 0 radical (unpaired) electrons. The lowest BCUT2D eigenvalue weighted by Crippen LogP contribution is -2.31. The molecule has 1 unspecified atom stereocenters. The molecule has 204 valence electrons. The number of hydrogen-bond donors (Lipinski definition) is 2. The minimum absolute atomic E-state index is 0.0648. The molecule has 3 heterocycles. The van der Waals surface area contributed by atoms with Crippen molar-refractivity contribution in [3.63, 3.8) is 0 Å². The van der Waals surface area contributed by atoms with Crippen molar-refractivity contribution >= 4 is 34.6 Å². The standard InChI is InChI=1S/C29H35N7O3/c1-5-29(37)33-22-15-23(26(38-4)16-25(22)35-13-11-21(18-35)34(2)3)32-27-17-28(31-19-30-27)36-24(12-14-39-36)20-9-7-6-8-10-20/h5-10,15-17,19,21,24H,1,11-14,18H2,2-4H3,(H,33,37)(H,30,31,32)/t21?,24-/m1/s1. The summed E-state index contributed by atoms with van der Waals surface area (Å²) in [7, 11) is 5.81. The Kier molecular flexibility index (Phi) is 7.94. The Balaban J connectivity index is 1.44. The highest BCUT2D eigenvalue weighted by atomic mass is 16.7. The second-order valence-electron chi connectivity index (χ2n) is 9.88. The van der Waals surface area contributed by atoms with Crippen LogP contribution in [-0.4, -0.2) is 67.7 Å². The van der Waals surface area contributed by atoms with E-state index in [-0.39, 0.29) is 11.9 Å². The first-order valence-corrected chi connectivity index (χ1v) is 13.1. The number of hydrogen-bond acceptors (Lipinski definition) is 9. The highest BCUT2D eigenvalue weighted by molar-refractivity contribution is 6.02. The molecule has 10 heteroatoms. The van der Waals surface area contributed by atoms with Crippen molar-refractivity contribution in [3.8, 4) is 5.75 Å². The molecule has 5 rings (SSSR count). The Morgan fingerprint density at radius 2 is 1.97 bits per heavy atom. The van der Waals surface area contributed by atoms with Crippen LogP contribution < -0.4 is 25.3 Å². The number of rotatable bonds is 9. The molecule has 0 saturated carbocycles. The van der Waals surface area contributed by atoms with E-state index in [1.807, 2.05) is 41.5 Å². The number of nitrogens with one attached hydrogen (secondary N) is 2. The Morgan fingerprint density at radius 1 is 1.15 bits per heavy atom. The molecule has 39 heavy (non-hydrogen) atoms. The molecule has 0 aliphatic carbocycles. The molecule has 0 bridgehead atoms. The van der Waals surface area contributed by atoms with Gasteiger partial charge in [-0.05, 0) is 38.2 Å². The fourth-order valence-electron chi connectivity index (χ4n) is 5.11. The second kappa shape index (κ2) is 11.7. The number of amides is 1. The average Bonchev–Trinajstić information content (AvgIpc) is 3.65. The first kappa shape index (κ1) is 26.5. The van der Waals surface area contributed by atoms with Crippen LogP contribution in [0.1, 0.15) is 24.4 Å². The van der Waals surface area contributed by atoms with Gasteiger partial charge in [0, 0.05) is 37.7 Å². The zero-order chi connectivity index (χ0) is 27.4. The number of nitrogens with zero attached hydrogens (tertiary/aromatic N) is 5. The van der Waals surface area contributed by atoms with Crippen molar-refractivity contribution in [1.29, 1.82) is 0 Å². The van der Waals surface area contributed by atoms with Gasteiger partial charge in [-0.25, -0.2) is 15.0 Å². The average molecular weight is 530 g/mol. The van der Waals surface area contributed by atoms with Gasteiger partial charge in [0.05, 0.1) is 36.8 Å². The second-order valence-corrected chi connectivity index (χ2v) is 9.88. The van der Waals surface area contributed by atoms with Gasteiger partial charge >= 0.3 is 0 Å². The van der Waals surface area contributed by atoms with Crippen LogP contribution in [0.3, 0.4) is 0 Å². The third-order valence-electron chi connectivity index (χ3n) is 7.23. The number of carbonyl (C=O) groups is 1. The lowest BCUT2D eigenvalue weighted by atomic mass is 10.0. The summed E-state index contributed by atoms with van der Waals surface area (Å²) >= 11 is 0. The number of hydroxylamine groups is 1. The Labute approximate surface area is 229 Å². The molecule has 2 fully saturated rings. The summed E-state index contributed by atoms with van der Waals surface area (Å²) in [5.74, 6) is 1.58. The predicted molar refractivity (Wildman–Crippen MR) is 154 cm³/mol. The first-order chi connectivity index (χ1) is 19.0. The lowest BCUT2D eigenvalue weighted by Gasteiger charge is -2.26. The molecule has 2 N–H and O–H groups in total. The smallest absolute Gasteiger partial charge is 0.247 e. The van der Waals surface area contributed by atoms with E-state index < -0.39 is 0 Å². The number of ether oxygens (including phenoxy) is 1. The van der Waals surface area contributed by atoms with Crippen molar-refractivity contribution in [3.05, 3.63) is 73.1 Å². The zero-order valence-electron chi connectivity index (χ0n) is 22.6. The molecular weight excluding hydrogens is 494 g/mol. The number of benzene rings is 2. The highest BCUT2D eigenvalue weighted by Crippen LogP contribution is 2.40. The normalized spacial score (nSPS) is 18.9. The third-order valence-corrected chi connectivity index (χ3v) is 7.23. The van der Waals surface area contributed by atoms with Crippen LogP contribution in [0, 0.1) is 0 Å². The molecule has 1 amide bonds. The summed E-state index contributed by atoms with van der Waals surface area (Å²) in [6, 6.07) is 16.4. The minimum atomic E-state index is -0.279. The summed E-state index contributed by atoms with van der Waals surface area (Å²) in [5, 5.41) is 8.17. The lowest BCUT2D eigenvalue weighted by molar-refractivity contribution is -0.111. The van der Waals surface area contributed by atoms with Crippen LogP contribution in [-0.2, 0) is 9.63 Å². The van der Waals surface area contributed by atoms with Crippen molar-refractivity contribution in [2.24, 2.45) is 0 Å². The van der Waals surface area contributed by atoms with E-state index in [2.05, 4.69) is 63.2 Å². The monoisotopic (exact) mass is 529 g/mol. The fourth-order valence-corrected chi connectivity index (χ4v) is 5.11. The molecule has 2 aromatic carbocycles. The van der Waals surface area contributed by atoms with Crippen LogP contribution >= 0.6 is 0 Å². The summed E-state index contributed by atoms with van der Waals surface area (Å²) in [4.78, 5) is 31.7. The maximum Gasteiger partial charge on any atom is 0.247 e. The number of methoxy groups -OCH3 is 1. The molecule has 2 atom stereocenters. The van der Waals surface area contributed by atoms with E-state index in [0.29, 0.717) is 41.4 Å². The van der Waals surface area contributed by atoms with Gasteiger partial charge in [-0.1, -0.05) is 36.9 Å². The van der Waals surface area contributed by atoms with Gasteiger partial charge in [0.1, 0.15) is 17.9 Å². The Morgan fingerprint density at radius 3 is 2.69 bits per heavy atom. The van der Waals surface area contributed by atoms with Gasteiger partial charge in [-0.3, -0.25) is 9.63 Å². The van der Waals surface area contributed by atoms with Gasteiger partial charge in [-0.2, -0.15) is 0 Å². The van der Waals surface area contributed by atoms with E-state index in [1.165, 1.54) is 18.0 Å². The molecule has 10 nitrogen and oxygen atoms in total. The van der Waals surface area contributed by atoms with Crippen LogP contribution in [0.2, 0.25) is 0 Å². The molecule has 2 aliphatic rings. The van der Waals surface area contributed by atoms with Crippen molar-refractivity contribution in [1.82, 2.24) is 14.9 Å². The summed E-state index contributed by atoms with van der Waals surface area (Å²) < 4.78 is 5.77. The summed E-state index contributed by atoms with van der Waals surface area (Å²) in [6.07, 6.45) is 4.68. The van der Waals surface area contributed by atoms with E-state index in [9.17, 15) is 4.79 Å². The number of anilines is 5. The van der Waals surface area contributed by atoms with E-state index in [0.717, 1.165) is 31.6 Å². The first-order valence-electron chi connectivity index (χ1n) is 13.1. The Hall–Kier alpha value is -4.15. The summed E-state index contributed by atoms with van der Waals surface area (Å²) in [6.45, 7) is 5.96. The van der Waals surface area contributed by atoms with Gasteiger partial charge in [0.25, 0.3) is 0 Å². The van der Waals surface area contributed by atoms with Gasteiger partial charge in [-0.15, -0.1) is 0 Å². The number of aromatic nitrogens is 2. The zero-order valence-corrected chi connectivity index (χ0v) is 22.6. The topological polar surface area (TPSA) is 95.1 Å². The predicted octanol–water partition coefficient (Wildman–Crippen LogP) is 4.38. The van der Waals surface area contributed by atoms with Crippen LogP contribution in [0.4, 0.5) is 28.7 Å². The van der Waals surface area contributed by atoms with Crippen LogP contribution in [0.5, 0.6) is 5.75 Å². The van der Waals surface area contributed by atoms with Crippen molar-refractivity contribution in [2.45, 2.75) is 24.9 Å². The fraction of sp³-hybridized carbons (Fsp3) is 0.345. The summed E-state index contributed by atoms with van der Waals surface area (Å²) in [5.41, 5.74) is 3.40. The highest BCUT2D eigenvalue weighted by Gasteiger charge is 2.30. The van der Waals surface area contributed by atoms with Gasteiger partial charge in [0.2, 0.25) is 5.91 Å². The quantitative estimate of drug-likeness (QED) is 0.392. The van der Waals surface area contributed by atoms with Gasteiger partial charge < -0.3 is 25.2 Å². The largest absolute Gasteiger partial charge is 0.494 e. The molecule has 1 aromatic heterocycles. The number of carbonyl (C=O) groups excluding carboxylic acids is 1.